The quantitative estimate of drug-likeness (QED) is 0.555. The summed E-state index contributed by atoms with van der Waals surface area (Å²) in [6.07, 6.45) is -1.13. The molecule has 3 aromatic rings. The van der Waals surface area contributed by atoms with E-state index in [2.05, 4.69) is 4.98 Å². The number of pyridine rings is 1. The van der Waals surface area contributed by atoms with E-state index in [1.807, 2.05) is 18.2 Å². The Balaban J connectivity index is 1.91. The molecule has 1 heterocycles. The van der Waals surface area contributed by atoms with Crippen molar-refractivity contribution in [1.82, 2.24) is 9.88 Å². The number of carbonyl (C=O) groups excluding carboxylic acids is 1. The summed E-state index contributed by atoms with van der Waals surface area (Å²) >= 11 is 0. The maximum absolute atomic E-state index is 13.1. The fourth-order valence-corrected chi connectivity index (χ4v) is 3.23. The third-order valence-electron chi connectivity index (χ3n) is 4.83. The number of likely N-dealkylation sites (N-methyl/N-ethyl adjacent to an activating group) is 1. The highest BCUT2D eigenvalue weighted by Gasteiger charge is 2.32. The van der Waals surface area contributed by atoms with Crippen LogP contribution in [-0.2, 0) is 10.9 Å². The van der Waals surface area contributed by atoms with Gasteiger partial charge in [-0.15, -0.1) is 0 Å². The lowest BCUT2D eigenvalue weighted by Gasteiger charge is -2.29. The normalized spacial score (nSPS) is 12.4. The summed E-state index contributed by atoms with van der Waals surface area (Å²) in [6.45, 7) is 0.0631. The maximum Gasteiger partial charge on any atom is 0.416 e. The van der Waals surface area contributed by atoms with Crippen LogP contribution >= 0.6 is 0 Å². The van der Waals surface area contributed by atoms with Gasteiger partial charge < -0.3 is 9.64 Å². The fraction of sp³-hybridized carbons (Fsp3) is 0.217. The Bertz CT molecular complexity index is 1010. The maximum atomic E-state index is 13.1. The van der Waals surface area contributed by atoms with E-state index in [1.165, 1.54) is 18.1 Å². The van der Waals surface area contributed by atoms with Crippen molar-refractivity contribution in [3.05, 3.63) is 89.7 Å². The number of halogens is 3. The van der Waals surface area contributed by atoms with Gasteiger partial charge in [0.2, 0.25) is 0 Å². The number of aromatic nitrogens is 1. The van der Waals surface area contributed by atoms with Crippen molar-refractivity contribution in [2.75, 3.05) is 20.8 Å². The van der Waals surface area contributed by atoms with Crippen molar-refractivity contribution in [2.45, 2.75) is 12.2 Å². The van der Waals surface area contributed by atoms with Crippen molar-refractivity contribution >= 4 is 5.91 Å². The molecule has 2 aromatic carbocycles. The molecule has 0 aliphatic heterocycles. The number of methoxy groups -OCH3 is 1. The first-order valence-electron chi connectivity index (χ1n) is 9.25. The molecule has 0 bridgehead atoms. The van der Waals surface area contributed by atoms with Gasteiger partial charge in [-0.05, 0) is 53.1 Å². The molecular formula is C23H21F3N2O2. The second-order valence-electron chi connectivity index (χ2n) is 6.83. The van der Waals surface area contributed by atoms with E-state index in [0.717, 1.165) is 23.3 Å². The number of amides is 1. The average Bonchev–Trinajstić information content (AvgIpc) is 2.76. The molecule has 0 saturated carbocycles. The van der Waals surface area contributed by atoms with Crippen LogP contribution in [0.5, 0.6) is 0 Å². The SMILES string of the molecule is COCC(c1cccc(C(F)(F)F)c1)N(C)C(=O)c1cccc(-c2ccncc2)c1. The van der Waals surface area contributed by atoms with E-state index < -0.39 is 17.8 Å². The average molecular weight is 414 g/mol. The number of rotatable bonds is 6. The lowest BCUT2D eigenvalue weighted by molar-refractivity contribution is -0.137. The van der Waals surface area contributed by atoms with Crippen LogP contribution in [0.4, 0.5) is 13.2 Å². The molecule has 1 aromatic heterocycles. The first-order chi connectivity index (χ1) is 14.3. The summed E-state index contributed by atoms with van der Waals surface area (Å²) in [4.78, 5) is 18.5. The molecule has 0 aliphatic rings. The lowest BCUT2D eigenvalue weighted by atomic mass is 10.0. The summed E-state index contributed by atoms with van der Waals surface area (Å²) in [7, 11) is 3.01. The van der Waals surface area contributed by atoms with Crippen molar-refractivity contribution in [3.8, 4) is 11.1 Å². The molecule has 156 valence electrons. The summed E-state index contributed by atoms with van der Waals surface area (Å²) in [5, 5.41) is 0. The third kappa shape index (κ3) is 4.86. The minimum absolute atomic E-state index is 0.0631. The zero-order chi connectivity index (χ0) is 21.7. The minimum Gasteiger partial charge on any atom is -0.382 e. The van der Waals surface area contributed by atoms with E-state index in [4.69, 9.17) is 4.74 Å². The second kappa shape index (κ2) is 9.09. The van der Waals surface area contributed by atoms with Gasteiger partial charge in [0.1, 0.15) is 0 Å². The zero-order valence-corrected chi connectivity index (χ0v) is 16.6. The van der Waals surface area contributed by atoms with Crippen LogP contribution in [0.15, 0.2) is 73.1 Å². The van der Waals surface area contributed by atoms with Gasteiger partial charge in [-0.1, -0.05) is 24.3 Å². The topological polar surface area (TPSA) is 42.4 Å². The van der Waals surface area contributed by atoms with Crippen LogP contribution in [0.1, 0.15) is 27.5 Å². The summed E-state index contributed by atoms with van der Waals surface area (Å²) < 4.78 is 44.6. The molecule has 1 amide bonds. The number of carbonyl (C=O) groups is 1. The Kier molecular flexibility index (Phi) is 6.52. The predicted octanol–water partition coefficient (Wildman–Crippen LogP) is 5.23. The highest BCUT2D eigenvalue weighted by Crippen LogP contribution is 2.32. The van der Waals surface area contributed by atoms with E-state index in [-0.39, 0.29) is 12.5 Å². The van der Waals surface area contributed by atoms with Crippen LogP contribution < -0.4 is 0 Å². The molecule has 4 nitrogen and oxygen atoms in total. The van der Waals surface area contributed by atoms with Gasteiger partial charge in [-0.3, -0.25) is 9.78 Å². The van der Waals surface area contributed by atoms with E-state index in [9.17, 15) is 18.0 Å². The van der Waals surface area contributed by atoms with Gasteiger partial charge in [0.25, 0.3) is 5.91 Å². The number of nitrogens with zero attached hydrogens (tertiary/aromatic N) is 2. The van der Waals surface area contributed by atoms with Gasteiger partial charge in [0, 0.05) is 32.1 Å². The van der Waals surface area contributed by atoms with Gasteiger partial charge >= 0.3 is 6.18 Å². The standard InChI is InChI=1S/C23H21F3N2O2/c1-28(21(15-30-2)18-6-4-8-20(14-18)23(24,25)26)22(29)19-7-3-5-17(13-19)16-9-11-27-12-10-16/h3-14,21H,15H2,1-2H3. The van der Waals surface area contributed by atoms with Crippen LogP contribution in [0, 0.1) is 0 Å². The Morgan fingerprint density at radius 1 is 1.03 bits per heavy atom. The molecule has 0 fully saturated rings. The van der Waals surface area contributed by atoms with Crippen LogP contribution in [0.25, 0.3) is 11.1 Å². The van der Waals surface area contributed by atoms with Crippen molar-refractivity contribution < 1.29 is 22.7 Å². The highest BCUT2D eigenvalue weighted by molar-refractivity contribution is 5.95. The molecule has 1 atom stereocenters. The summed E-state index contributed by atoms with van der Waals surface area (Å²) in [5.74, 6) is -0.314. The smallest absolute Gasteiger partial charge is 0.382 e. The van der Waals surface area contributed by atoms with E-state index in [1.54, 1.807) is 43.7 Å². The molecule has 0 N–H and O–H groups in total. The van der Waals surface area contributed by atoms with Crippen LogP contribution in [0.2, 0.25) is 0 Å². The minimum atomic E-state index is -4.46. The lowest BCUT2D eigenvalue weighted by Crippen LogP contribution is -2.34. The van der Waals surface area contributed by atoms with Gasteiger partial charge in [-0.25, -0.2) is 0 Å². The Morgan fingerprint density at radius 3 is 2.40 bits per heavy atom. The van der Waals surface area contributed by atoms with Crippen LogP contribution in [0.3, 0.4) is 0 Å². The molecule has 0 radical (unpaired) electrons. The van der Waals surface area contributed by atoms with Gasteiger partial charge in [-0.2, -0.15) is 13.2 Å². The van der Waals surface area contributed by atoms with E-state index >= 15 is 0 Å². The molecule has 7 heteroatoms. The molecule has 1 unspecified atom stereocenters. The van der Waals surface area contributed by atoms with Crippen LogP contribution in [-0.4, -0.2) is 36.6 Å². The van der Waals surface area contributed by atoms with E-state index in [0.29, 0.717) is 11.1 Å². The molecule has 30 heavy (non-hydrogen) atoms. The summed E-state index contributed by atoms with van der Waals surface area (Å²) in [5.41, 5.74) is 1.78. The molecular weight excluding hydrogens is 393 g/mol. The summed E-state index contributed by atoms with van der Waals surface area (Å²) in [6, 6.07) is 15.1. The Hall–Kier alpha value is -3.19. The van der Waals surface area contributed by atoms with Gasteiger partial charge in [0.05, 0.1) is 18.2 Å². The number of ether oxygens (including phenoxy) is 1. The number of hydrogen-bond acceptors (Lipinski definition) is 3. The Morgan fingerprint density at radius 2 is 1.73 bits per heavy atom. The van der Waals surface area contributed by atoms with Crippen molar-refractivity contribution in [3.63, 3.8) is 0 Å². The Labute approximate surface area is 172 Å². The molecule has 0 aliphatic carbocycles. The number of hydrogen-bond donors (Lipinski definition) is 0. The molecule has 0 spiro atoms. The zero-order valence-electron chi connectivity index (χ0n) is 16.6. The largest absolute Gasteiger partial charge is 0.416 e. The number of alkyl halides is 3. The third-order valence-corrected chi connectivity index (χ3v) is 4.83. The van der Waals surface area contributed by atoms with Crippen molar-refractivity contribution in [1.29, 1.82) is 0 Å². The molecule has 3 rings (SSSR count). The van der Waals surface area contributed by atoms with Crippen molar-refractivity contribution in [2.24, 2.45) is 0 Å². The fourth-order valence-electron chi connectivity index (χ4n) is 3.23. The van der Waals surface area contributed by atoms with Gasteiger partial charge in [0.15, 0.2) is 0 Å². The first-order valence-corrected chi connectivity index (χ1v) is 9.25. The molecule has 0 saturated heterocycles. The number of benzene rings is 2. The predicted molar refractivity (Wildman–Crippen MR) is 108 cm³/mol. The first kappa shape index (κ1) is 21.5. The highest BCUT2D eigenvalue weighted by atomic mass is 19.4. The second-order valence-corrected chi connectivity index (χ2v) is 6.83. The monoisotopic (exact) mass is 414 g/mol.